The topological polar surface area (TPSA) is 46.3 Å². The molecule has 1 heterocycles. The molecule has 3 heteroatoms. The third kappa shape index (κ3) is 3.60. The van der Waals surface area contributed by atoms with Crippen molar-refractivity contribution in [2.75, 3.05) is 18.8 Å². The van der Waals surface area contributed by atoms with E-state index >= 15 is 0 Å². The van der Waals surface area contributed by atoms with Gasteiger partial charge in [-0.1, -0.05) is 30.7 Å². The van der Waals surface area contributed by atoms with Gasteiger partial charge in [0.2, 0.25) is 5.91 Å². The Morgan fingerprint density at radius 3 is 2.63 bits per heavy atom. The van der Waals surface area contributed by atoms with Gasteiger partial charge in [0.1, 0.15) is 0 Å². The number of anilines is 1. The molecule has 102 valence electrons. The molecule has 0 bridgehead atoms. The lowest BCUT2D eigenvalue weighted by atomic mass is 9.96. The summed E-state index contributed by atoms with van der Waals surface area (Å²) in [5, 5.41) is 0. The molecule has 0 fully saturated rings. The van der Waals surface area contributed by atoms with Crippen molar-refractivity contribution in [3.05, 3.63) is 41.5 Å². The number of carbonyl (C=O) groups is 1. The number of nitrogen functional groups attached to an aromatic ring is 1. The van der Waals surface area contributed by atoms with Crippen LogP contribution < -0.4 is 5.73 Å². The second-order valence-corrected chi connectivity index (χ2v) is 5.41. The first kappa shape index (κ1) is 13.7. The predicted octanol–water partition coefficient (Wildman–Crippen LogP) is 2.94. The number of hydrogen-bond donors (Lipinski definition) is 1. The zero-order chi connectivity index (χ0) is 13.8. The Balaban J connectivity index is 1.93. The molecular formula is C16H22N2O. The fraction of sp³-hybridized carbons (Fsp3) is 0.438. The molecule has 1 aliphatic rings. The maximum absolute atomic E-state index is 12.2. The predicted molar refractivity (Wildman–Crippen MR) is 78.8 cm³/mol. The van der Waals surface area contributed by atoms with Gasteiger partial charge in [0.15, 0.2) is 0 Å². The van der Waals surface area contributed by atoms with Crippen molar-refractivity contribution in [3.8, 4) is 0 Å². The van der Waals surface area contributed by atoms with Crippen molar-refractivity contribution in [3.63, 3.8) is 0 Å². The van der Waals surface area contributed by atoms with Crippen LogP contribution in [0.3, 0.4) is 0 Å². The van der Waals surface area contributed by atoms with Gasteiger partial charge in [-0.05, 0) is 37.0 Å². The van der Waals surface area contributed by atoms with Crippen LogP contribution in [0, 0.1) is 0 Å². The molecular weight excluding hydrogens is 236 g/mol. The number of nitrogens with two attached hydrogens (primary N) is 1. The van der Waals surface area contributed by atoms with Crippen LogP contribution in [-0.2, 0) is 4.79 Å². The largest absolute Gasteiger partial charge is 0.399 e. The first-order chi connectivity index (χ1) is 9.06. The van der Waals surface area contributed by atoms with Crippen molar-refractivity contribution < 1.29 is 4.79 Å². The maximum Gasteiger partial charge on any atom is 0.223 e. The highest BCUT2D eigenvalue weighted by Gasteiger charge is 2.18. The minimum absolute atomic E-state index is 0.236. The van der Waals surface area contributed by atoms with Crippen molar-refractivity contribution in [1.82, 2.24) is 4.90 Å². The molecule has 1 atom stereocenters. The monoisotopic (exact) mass is 258 g/mol. The highest BCUT2D eigenvalue weighted by molar-refractivity contribution is 5.77. The summed E-state index contributed by atoms with van der Waals surface area (Å²) in [5.41, 5.74) is 9.00. The van der Waals surface area contributed by atoms with Crippen LogP contribution in [0.4, 0.5) is 5.69 Å². The first-order valence-corrected chi connectivity index (χ1v) is 6.85. The molecule has 0 aromatic heterocycles. The number of benzene rings is 1. The van der Waals surface area contributed by atoms with Crippen LogP contribution >= 0.6 is 0 Å². The maximum atomic E-state index is 12.2. The fourth-order valence-electron chi connectivity index (χ4n) is 2.33. The van der Waals surface area contributed by atoms with Gasteiger partial charge >= 0.3 is 0 Å². The van der Waals surface area contributed by atoms with Crippen LogP contribution in [0.25, 0.3) is 0 Å². The van der Waals surface area contributed by atoms with Gasteiger partial charge in [-0.3, -0.25) is 4.79 Å². The molecule has 1 unspecified atom stereocenters. The zero-order valence-corrected chi connectivity index (χ0v) is 11.7. The summed E-state index contributed by atoms with van der Waals surface area (Å²) in [4.78, 5) is 14.2. The smallest absolute Gasteiger partial charge is 0.223 e. The first-order valence-electron chi connectivity index (χ1n) is 6.85. The molecule has 0 aliphatic carbocycles. The van der Waals surface area contributed by atoms with Gasteiger partial charge in [-0.25, -0.2) is 0 Å². The number of hydrogen-bond acceptors (Lipinski definition) is 2. The molecule has 0 spiro atoms. The molecule has 2 rings (SSSR count). The summed E-state index contributed by atoms with van der Waals surface area (Å²) in [6.45, 7) is 5.84. The Bertz CT molecular complexity index is 476. The SMILES string of the molecule is CC1=CCN(C(=O)CC(C)c2ccc(N)cc2)CC1. The quantitative estimate of drug-likeness (QED) is 0.669. The van der Waals surface area contributed by atoms with Gasteiger partial charge in [0, 0.05) is 25.2 Å². The third-order valence-electron chi connectivity index (χ3n) is 3.78. The highest BCUT2D eigenvalue weighted by atomic mass is 16.2. The zero-order valence-electron chi connectivity index (χ0n) is 11.7. The van der Waals surface area contributed by atoms with E-state index in [0.29, 0.717) is 6.42 Å². The van der Waals surface area contributed by atoms with Crippen molar-refractivity contribution in [2.24, 2.45) is 0 Å². The minimum atomic E-state index is 0.236. The fourth-order valence-corrected chi connectivity index (χ4v) is 2.33. The van der Waals surface area contributed by atoms with Crippen LogP contribution in [0.2, 0.25) is 0 Å². The van der Waals surface area contributed by atoms with E-state index in [-0.39, 0.29) is 11.8 Å². The van der Waals surface area contributed by atoms with Crippen LogP contribution in [0.1, 0.15) is 38.2 Å². The lowest BCUT2D eigenvalue weighted by molar-refractivity contribution is -0.131. The van der Waals surface area contributed by atoms with E-state index in [1.54, 1.807) is 0 Å². The van der Waals surface area contributed by atoms with E-state index in [1.807, 2.05) is 29.2 Å². The Labute approximate surface area is 115 Å². The Morgan fingerprint density at radius 1 is 1.37 bits per heavy atom. The number of amides is 1. The normalized spacial score (nSPS) is 16.9. The number of carbonyl (C=O) groups excluding carboxylic acids is 1. The highest BCUT2D eigenvalue weighted by Crippen LogP contribution is 2.22. The average molecular weight is 258 g/mol. The van der Waals surface area contributed by atoms with Gasteiger partial charge < -0.3 is 10.6 Å². The summed E-state index contributed by atoms with van der Waals surface area (Å²) in [7, 11) is 0. The van der Waals surface area contributed by atoms with E-state index < -0.39 is 0 Å². The van der Waals surface area contributed by atoms with E-state index in [9.17, 15) is 4.79 Å². The molecule has 0 saturated heterocycles. The summed E-state index contributed by atoms with van der Waals surface area (Å²) < 4.78 is 0. The van der Waals surface area contributed by atoms with Crippen molar-refractivity contribution in [2.45, 2.75) is 32.6 Å². The van der Waals surface area contributed by atoms with E-state index in [4.69, 9.17) is 5.73 Å². The molecule has 1 aliphatic heterocycles. The van der Waals surface area contributed by atoms with Gasteiger partial charge in [-0.15, -0.1) is 0 Å². The molecule has 0 saturated carbocycles. The summed E-state index contributed by atoms with van der Waals surface area (Å²) >= 11 is 0. The Kier molecular flexibility index (Phi) is 4.25. The van der Waals surface area contributed by atoms with E-state index in [2.05, 4.69) is 19.9 Å². The van der Waals surface area contributed by atoms with E-state index in [1.165, 1.54) is 11.1 Å². The lowest BCUT2D eigenvalue weighted by Crippen LogP contribution is -2.35. The molecule has 0 radical (unpaired) electrons. The second-order valence-electron chi connectivity index (χ2n) is 5.41. The number of nitrogens with zero attached hydrogens (tertiary/aromatic N) is 1. The Hall–Kier alpha value is -1.77. The minimum Gasteiger partial charge on any atom is -0.399 e. The molecule has 1 amide bonds. The molecule has 1 aromatic carbocycles. The van der Waals surface area contributed by atoms with Gasteiger partial charge in [0.25, 0.3) is 0 Å². The molecule has 2 N–H and O–H groups in total. The standard InChI is InChI=1S/C16H22N2O/c1-12-7-9-18(10-8-12)16(19)11-13(2)14-3-5-15(17)6-4-14/h3-7,13H,8-11,17H2,1-2H3. The number of rotatable bonds is 3. The molecule has 3 nitrogen and oxygen atoms in total. The van der Waals surface area contributed by atoms with Crippen molar-refractivity contribution in [1.29, 1.82) is 0 Å². The van der Waals surface area contributed by atoms with E-state index in [0.717, 1.165) is 25.2 Å². The van der Waals surface area contributed by atoms with Gasteiger partial charge in [-0.2, -0.15) is 0 Å². The lowest BCUT2D eigenvalue weighted by Gasteiger charge is -2.26. The molecule has 19 heavy (non-hydrogen) atoms. The molecule has 1 aromatic rings. The summed E-state index contributed by atoms with van der Waals surface area (Å²) in [6, 6.07) is 7.80. The Morgan fingerprint density at radius 2 is 2.05 bits per heavy atom. The third-order valence-corrected chi connectivity index (χ3v) is 3.78. The van der Waals surface area contributed by atoms with Crippen molar-refractivity contribution >= 4 is 11.6 Å². The summed E-state index contributed by atoms with van der Waals surface area (Å²) in [6.07, 6.45) is 3.72. The van der Waals surface area contributed by atoms with Gasteiger partial charge in [0.05, 0.1) is 0 Å². The second kappa shape index (κ2) is 5.91. The average Bonchev–Trinajstić information content (AvgIpc) is 2.40. The van der Waals surface area contributed by atoms with Crippen LogP contribution in [0.15, 0.2) is 35.9 Å². The van der Waals surface area contributed by atoms with Crippen LogP contribution in [-0.4, -0.2) is 23.9 Å². The summed E-state index contributed by atoms with van der Waals surface area (Å²) in [5.74, 6) is 0.480. The van der Waals surface area contributed by atoms with Crippen LogP contribution in [0.5, 0.6) is 0 Å².